The summed E-state index contributed by atoms with van der Waals surface area (Å²) in [5, 5.41) is 7.65. The van der Waals surface area contributed by atoms with E-state index in [2.05, 4.69) is 144 Å². The van der Waals surface area contributed by atoms with E-state index >= 15 is 0 Å². The summed E-state index contributed by atoms with van der Waals surface area (Å²) in [6.45, 7) is 0. The van der Waals surface area contributed by atoms with Crippen LogP contribution in [0.15, 0.2) is 156 Å². The van der Waals surface area contributed by atoms with Crippen molar-refractivity contribution in [2.24, 2.45) is 0 Å². The Morgan fingerprint density at radius 1 is 0.400 bits per heavy atom. The highest BCUT2D eigenvalue weighted by Gasteiger charge is 2.18. The molecule has 0 bridgehead atoms. The minimum Gasteiger partial charge on any atom is -0.456 e. The third-order valence-corrected chi connectivity index (χ3v) is 10.4. The first-order valence-corrected chi connectivity index (χ1v) is 16.1. The average Bonchev–Trinajstić information content (AvgIpc) is 3.78. The first-order chi connectivity index (χ1) is 22.3. The number of nitrogens with zero attached hydrogens (tertiary/aromatic N) is 1. The van der Waals surface area contributed by atoms with Crippen molar-refractivity contribution in [1.29, 1.82) is 0 Å². The predicted molar refractivity (Wildman–Crippen MR) is 192 cm³/mol. The Labute approximate surface area is 263 Å². The normalized spacial score (nSPS) is 12.0. The van der Waals surface area contributed by atoms with Gasteiger partial charge in [-0.1, -0.05) is 103 Å². The van der Waals surface area contributed by atoms with Crippen molar-refractivity contribution in [3.63, 3.8) is 0 Å². The monoisotopic (exact) mass is 591 g/mol. The molecule has 10 rings (SSSR count). The Bertz CT molecular complexity index is 2740. The number of benzene rings is 7. The van der Waals surface area contributed by atoms with E-state index in [1.165, 1.54) is 75.3 Å². The number of furan rings is 1. The highest BCUT2D eigenvalue weighted by atomic mass is 32.1. The van der Waals surface area contributed by atoms with Crippen LogP contribution in [0, 0.1) is 0 Å². The van der Waals surface area contributed by atoms with Gasteiger partial charge in [0.2, 0.25) is 0 Å². The highest BCUT2D eigenvalue weighted by molar-refractivity contribution is 7.26. The maximum Gasteiger partial charge on any atom is 0.136 e. The van der Waals surface area contributed by atoms with Crippen molar-refractivity contribution < 1.29 is 4.42 Å². The lowest BCUT2D eigenvalue weighted by Crippen LogP contribution is -1.93. The van der Waals surface area contributed by atoms with Gasteiger partial charge in [0.15, 0.2) is 0 Å². The minimum atomic E-state index is 0.923. The van der Waals surface area contributed by atoms with Crippen LogP contribution in [-0.4, -0.2) is 4.57 Å². The van der Waals surface area contributed by atoms with Crippen LogP contribution in [0.5, 0.6) is 0 Å². The van der Waals surface area contributed by atoms with Gasteiger partial charge in [-0.25, -0.2) is 0 Å². The lowest BCUT2D eigenvalue weighted by molar-refractivity contribution is 0.669. The Kier molecular flexibility index (Phi) is 5.19. The number of aromatic nitrogens is 1. The van der Waals surface area contributed by atoms with E-state index in [0.29, 0.717) is 0 Å². The van der Waals surface area contributed by atoms with Crippen molar-refractivity contribution in [2.45, 2.75) is 0 Å². The smallest absolute Gasteiger partial charge is 0.136 e. The lowest BCUT2D eigenvalue weighted by Gasteiger charge is -2.10. The topological polar surface area (TPSA) is 18.1 Å². The van der Waals surface area contributed by atoms with Crippen LogP contribution in [0.3, 0.4) is 0 Å². The van der Waals surface area contributed by atoms with Crippen molar-refractivity contribution in [1.82, 2.24) is 4.57 Å². The molecule has 0 N–H and O–H groups in total. The van der Waals surface area contributed by atoms with Crippen molar-refractivity contribution in [3.8, 4) is 27.9 Å². The van der Waals surface area contributed by atoms with E-state index in [0.717, 1.165) is 16.6 Å². The lowest BCUT2D eigenvalue weighted by atomic mass is 9.97. The van der Waals surface area contributed by atoms with Crippen LogP contribution >= 0.6 is 11.3 Å². The number of fused-ring (bicyclic) bond motifs is 10. The summed E-state index contributed by atoms with van der Waals surface area (Å²) in [4.78, 5) is 0. The Balaban J connectivity index is 1.07. The van der Waals surface area contributed by atoms with Gasteiger partial charge in [-0.3, -0.25) is 0 Å². The maximum atomic E-state index is 6.14. The molecule has 0 aliphatic carbocycles. The highest BCUT2D eigenvalue weighted by Crippen LogP contribution is 2.43. The Morgan fingerprint density at radius 3 is 1.91 bits per heavy atom. The molecule has 0 radical (unpaired) electrons. The van der Waals surface area contributed by atoms with E-state index in [1.807, 2.05) is 23.5 Å². The van der Waals surface area contributed by atoms with Gasteiger partial charge < -0.3 is 8.98 Å². The van der Waals surface area contributed by atoms with E-state index in [4.69, 9.17) is 4.42 Å². The van der Waals surface area contributed by atoms with Crippen LogP contribution in [0.25, 0.3) is 91.9 Å². The summed E-state index contributed by atoms with van der Waals surface area (Å²) in [6, 6.07) is 54.7. The third kappa shape index (κ3) is 3.62. The number of hydrogen-bond acceptors (Lipinski definition) is 2. The quantitative estimate of drug-likeness (QED) is 0.200. The molecule has 0 unspecified atom stereocenters. The molecule has 210 valence electrons. The fourth-order valence-electron chi connectivity index (χ4n) is 7.21. The third-order valence-electron chi connectivity index (χ3n) is 9.23. The second-order valence-electron chi connectivity index (χ2n) is 11.7. The average molecular weight is 592 g/mol. The summed E-state index contributed by atoms with van der Waals surface area (Å²) < 4.78 is 11.2. The summed E-state index contributed by atoms with van der Waals surface area (Å²) in [5.41, 5.74) is 10.3. The van der Waals surface area contributed by atoms with Crippen LogP contribution in [0.2, 0.25) is 0 Å². The molecule has 0 amide bonds. The van der Waals surface area contributed by atoms with E-state index < -0.39 is 0 Å². The molecule has 0 fully saturated rings. The zero-order chi connectivity index (χ0) is 29.5. The van der Waals surface area contributed by atoms with Crippen LogP contribution < -0.4 is 0 Å². The van der Waals surface area contributed by atoms with Gasteiger partial charge in [0.05, 0.1) is 11.0 Å². The second kappa shape index (κ2) is 9.43. The summed E-state index contributed by atoms with van der Waals surface area (Å²) in [5.74, 6) is 0. The van der Waals surface area contributed by atoms with Gasteiger partial charge in [-0.2, -0.15) is 0 Å². The molecular formula is C42H25NOS. The predicted octanol–water partition coefficient (Wildman–Crippen LogP) is 12.4. The van der Waals surface area contributed by atoms with Crippen LogP contribution in [0.4, 0.5) is 0 Å². The van der Waals surface area contributed by atoms with Gasteiger partial charge in [0.25, 0.3) is 0 Å². The number of rotatable bonds is 3. The summed E-state index contributed by atoms with van der Waals surface area (Å²) >= 11 is 1.88. The maximum absolute atomic E-state index is 6.14. The van der Waals surface area contributed by atoms with Crippen molar-refractivity contribution >= 4 is 75.3 Å². The number of hydrogen-bond donors (Lipinski definition) is 0. The largest absolute Gasteiger partial charge is 0.456 e. The van der Waals surface area contributed by atoms with E-state index in [-0.39, 0.29) is 0 Å². The van der Waals surface area contributed by atoms with Crippen molar-refractivity contribution in [3.05, 3.63) is 152 Å². The fraction of sp³-hybridized carbons (Fsp3) is 0. The molecule has 3 heterocycles. The standard InChI is InChI=1S/C42H25NOS/c1-4-12-34-31(8-1)41-35(24-25-39-42(41)33-10-3-6-15-38(33)45-39)43(34)29-22-20-27(21-23-29)26-16-18-28(19-17-26)30-11-7-14-37-40(30)32-9-2-5-13-36(32)44-37/h1-25H. The zero-order valence-electron chi connectivity index (χ0n) is 24.2. The van der Waals surface area contributed by atoms with Crippen LogP contribution in [-0.2, 0) is 0 Å². The molecule has 0 spiro atoms. The first kappa shape index (κ1) is 24.8. The van der Waals surface area contributed by atoms with E-state index in [1.54, 1.807) is 0 Å². The Hall–Kier alpha value is -5.64. The molecule has 10 aromatic rings. The molecule has 45 heavy (non-hydrogen) atoms. The second-order valence-corrected chi connectivity index (χ2v) is 12.8. The molecule has 7 aromatic carbocycles. The number of para-hydroxylation sites is 2. The van der Waals surface area contributed by atoms with Crippen molar-refractivity contribution in [2.75, 3.05) is 0 Å². The molecule has 0 saturated carbocycles. The van der Waals surface area contributed by atoms with Gasteiger partial charge in [-0.15, -0.1) is 11.3 Å². The summed E-state index contributed by atoms with van der Waals surface area (Å²) in [6.07, 6.45) is 0. The van der Waals surface area contributed by atoms with Gasteiger partial charge in [0, 0.05) is 47.4 Å². The Morgan fingerprint density at radius 2 is 1.07 bits per heavy atom. The minimum absolute atomic E-state index is 0.923. The van der Waals surface area contributed by atoms with E-state index in [9.17, 15) is 0 Å². The van der Waals surface area contributed by atoms with Crippen LogP contribution in [0.1, 0.15) is 0 Å². The van der Waals surface area contributed by atoms with Gasteiger partial charge in [0.1, 0.15) is 11.2 Å². The molecule has 0 atom stereocenters. The summed E-state index contributed by atoms with van der Waals surface area (Å²) in [7, 11) is 0. The molecule has 2 nitrogen and oxygen atoms in total. The molecule has 0 aliphatic heterocycles. The van der Waals surface area contributed by atoms with Gasteiger partial charge >= 0.3 is 0 Å². The zero-order valence-corrected chi connectivity index (χ0v) is 25.0. The first-order valence-electron chi connectivity index (χ1n) is 15.3. The molecule has 0 saturated heterocycles. The molecule has 3 heteroatoms. The fourth-order valence-corrected chi connectivity index (χ4v) is 8.33. The SMILES string of the molecule is c1ccc2c(c1)oc1cccc(-c3ccc(-c4ccc(-n5c6ccccc6c6c7c(ccc65)sc5ccccc57)cc4)cc3)c12. The molecular weight excluding hydrogens is 567 g/mol. The number of thiophene rings is 1. The molecule has 3 aromatic heterocycles. The van der Waals surface area contributed by atoms with Gasteiger partial charge in [-0.05, 0) is 70.8 Å². The molecule has 0 aliphatic rings.